The van der Waals surface area contributed by atoms with E-state index in [9.17, 15) is 0 Å². The molecule has 0 amide bonds. The van der Waals surface area contributed by atoms with Gasteiger partial charge in [0.15, 0.2) is 0 Å². The summed E-state index contributed by atoms with van der Waals surface area (Å²) in [4.78, 5) is 0. The molecule has 0 fully saturated rings. The quantitative estimate of drug-likeness (QED) is 0.146. The second kappa shape index (κ2) is 13.5. The van der Waals surface area contributed by atoms with E-state index < -0.39 is 0 Å². The summed E-state index contributed by atoms with van der Waals surface area (Å²) in [7, 11) is 1.08. The molecule has 0 saturated carbocycles. The zero-order valence-electron chi connectivity index (χ0n) is 21.5. The van der Waals surface area contributed by atoms with Crippen LogP contribution in [0.2, 0.25) is 13.1 Å². The molecule has 0 aromatic heterocycles. The van der Waals surface area contributed by atoms with Crippen molar-refractivity contribution in [2.75, 3.05) is 0 Å². The third kappa shape index (κ3) is 6.30. The molecule has 0 bridgehead atoms. The minimum absolute atomic E-state index is 0. The van der Waals surface area contributed by atoms with Crippen LogP contribution in [-0.4, -0.2) is 9.52 Å². The second-order valence-corrected chi connectivity index (χ2v) is 9.80. The van der Waals surface area contributed by atoms with Crippen molar-refractivity contribution in [3.05, 3.63) is 132 Å². The van der Waals surface area contributed by atoms with Crippen molar-refractivity contribution in [1.82, 2.24) is 0 Å². The summed E-state index contributed by atoms with van der Waals surface area (Å²) in [6, 6.07) is 43.0. The maximum absolute atomic E-state index is 2.22. The van der Waals surface area contributed by atoms with Crippen molar-refractivity contribution in [2.24, 2.45) is 0 Å². The molecule has 0 saturated heterocycles. The molecule has 2 heteroatoms. The molecule has 0 nitrogen and oxygen atoms in total. The Morgan fingerprint density at radius 2 is 0.806 bits per heavy atom. The maximum atomic E-state index is 2.22. The zero-order chi connectivity index (χ0) is 24.6. The van der Waals surface area contributed by atoms with Gasteiger partial charge in [0.2, 0.25) is 0 Å². The molecule has 0 N–H and O–H groups in total. The van der Waals surface area contributed by atoms with Crippen LogP contribution in [-0.2, 0) is 26.2 Å². The summed E-state index contributed by atoms with van der Waals surface area (Å²) in [5.74, 6) is 0. The topological polar surface area (TPSA) is 0 Å². The summed E-state index contributed by atoms with van der Waals surface area (Å²) in [6.07, 6.45) is 0. The summed E-state index contributed by atoms with van der Waals surface area (Å²) >= 11 is 0. The molecular formula is C34H32SiZr. The zero-order valence-corrected chi connectivity index (χ0v) is 25.0. The van der Waals surface area contributed by atoms with E-state index in [1.807, 2.05) is 0 Å². The summed E-state index contributed by atoms with van der Waals surface area (Å²) < 4.78 is 0. The van der Waals surface area contributed by atoms with Crippen LogP contribution in [0, 0.1) is 13.8 Å². The molecule has 176 valence electrons. The molecule has 6 aromatic rings. The average molecular weight is 560 g/mol. The molecule has 36 heavy (non-hydrogen) atoms. The van der Waals surface area contributed by atoms with Gasteiger partial charge in [0.25, 0.3) is 0 Å². The van der Waals surface area contributed by atoms with Crippen LogP contribution in [0.3, 0.4) is 0 Å². The fourth-order valence-corrected chi connectivity index (χ4v) is 4.52. The van der Waals surface area contributed by atoms with Gasteiger partial charge in [-0.2, -0.15) is 0 Å². The normalized spacial score (nSPS) is 10.1. The van der Waals surface area contributed by atoms with Crippen LogP contribution in [0.4, 0.5) is 0 Å². The average Bonchev–Trinajstić information content (AvgIpc) is 3.50. The van der Waals surface area contributed by atoms with Gasteiger partial charge in [0.05, 0.1) is 0 Å². The third-order valence-corrected chi connectivity index (χ3v) is 6.23. The van der Waals surface area contributed by atoms with Gasteiger partial charge in [-0.25, -0.2) is 0 Å². The van der Waals surface area contributed by atoms with Gasteiger partial charge in [0, 0.05) is 9.52 Å². The van der Waals surface area contributed by atoms with Gasteiger partial charge in [-0.15, -0.1) is 48.5 Å². The summed E-state index contributed by atoms with van der Waals surface area (Å²) in [6.45, 7) is 8.63. The number of hydrogen-bond donors (Lipinski definition) is 0. The van der Waals surface area contributed by atoms with E-state index in [0.717, 1.165) is 9.52 Å². The van der Waals surface area contributed by atoms with Crippen LogP contribution in [0.1, 0.15) is 11.1 Å². The van der Waals surface area contributed by atoms with Gasteiger partial charge in [-0.1, -0.05) is 155 Å². The van der Waals surface area contributed by atoms with Gasteiger partial charge in [-0.05, 0) is 0 Å². The Bertz CT molecular complexity index is 1400. The maximum Gasteiger partial charge on any atom is 2.00 e. The van der Waals surface area contributed by atoms with Crippen LogP contribution >= 0.6 is 0 Å². The SMILES string of the molecule is C[Si]C.Cc1ccccc1-[c-]1ccc2ccccc21.Cc1ccccc1-[c-]1ccc2ccccc21.[Zr+2]. The van der Waals surface area contributed by atoms with E-state index >= 15 is 0 Å². The van der Waals surface area contributed by atoms with Crippen LogP contribution in [0.5, 0.6) is 0 Å². The fraction of sp³-hybridized carbons (Fsp3) is 0.118. The van der Waals surface area contributed by atoms with Crippen molar-refractivity contribution >= 4 is 31.1 Å². The summed E-state index contributed by atoms with van der Waals surface area (Å²) in [5.41, 5.74) is 8.02. The van der Waals surface area contributed by atoms with E-state index in [1.54, 1.807) is 0 Å². The molecule has 0 heterocycles. The molecule has 0 atom stereocenters. The molecule has 0 aliphatic heterocycles. The molecule has 6 rings (SSSR count). The number of rotatable bonds is 2. The smallest absolute Gasteiger partial charge is 0.129 e. The Morgan fingerprint density at radius 1 is 0.472 bits per heavy atom. The number of hydrogen-bond acceptors (Lipinski definition) is 0. The van der Waals surface area contributed by atoms with E-state index in [1.165, 1.54) is 54.9 Å². The van der Waals surface area contributed by atoms with Crippen molar-refractivity contribution in [3.8, 4) is 22.3 Å². The van der Waals surface area contributed by atoms with Crippen LogP contribution in [0.25, 0.3) is 43.8 Å². The molecule has 0 spiro atoms. The monoisotopic (exact) mass is 558 g/mol. The van der Waals surface area contributed by atoms with Crippen molar-refractivity contribution in [2.45, 2.75) is 26.9 Å². The Labute approximate surface area is 237 Å². The van der Waals surface area contributed by atoms with Crippen molar-refractivity contribution < 1.29 is 26.2 Å². The van der Waals surface area contributed by atoms with Crippen molar-refractivity contribution in [1.29, 1.82) is 0 Å². The van der Waals surface area contributed by atoms with Gasteiger partial charge >= 0.3 is 26.2 Å². The van der Waals surface area contributed by atoms with Gasteiger partial charge in [0.1, 0.15) is 0 Å². The van der Waals surface area contributed by atoms with Gasteiger partial charge < -0.3 is 0 Å². The molecule has 6 aromatic carbocycles. The largest absolute Gasteiger partial charge is 2.00 e. The van der Waals surface area contributed by atoms with E-state index in [-0.39, 0.29) is 26.2 Å². The number of benzene rings is 4. The minimum Gasteiger partial charge on any atom is -0.129 e. The van der Waals surface area contributed by atoms with E-state index in [0.29, 0.717) is 0 Å². The molecular weight excluding hydrogens is 528 g/mol. The predicted octanol–water partition coefficient (Wildman–Crippen LogP) is 9.85. The van der Waals surface area contributed by atoms with Crippen molar-refractivity contribution in [3.63, 3.8) is 0 Å². The Hall–Kier alpha value is -2.80. The number of fused-ring (bicyclic) bond motifs is 2. The van der Waals surface area contributed by atoms with E-state index in [4.69, 9.17) is 0 Å². The van der Waals surface area contributed by atoms with Crippen LogP contribution in [0.15, 0.2) is 121 Å². The first-order chi connectivity index (χ1) is 17.1. The minimum atomic E-state index is 0. The molecule has 0 unspecified atom stereocenters. The molecule has 2 radical (unpaired) electrons. The Morgan fingerprint density at radius 3 is 1.19 bits per heavy atom. The van der Waals surface area contributed by atoms with Gasteiger partial charge in [-0.3, -0.25) is 0 Å². The summed E-state index contributed by atoms with van der Waals surface area (Å²) in [5, 5.41) is 5.33. The van der Waals surface area contributed by atoms with E-state index in [2.05, 4.69) is 148 Å². The standard InChI is InChI=1S/2C16H13.C2H6Si.Zr/c2*1-12-6-2-4-8-14(12)16-11-10-13-7-3-5-9-15(13)16;1-3-2;/h2*2-11H,1H3;1-2H3;/q2*-1;;+2. The fourth-order valence-electron chi connectivity index (χ4n) is 4.52. The molecule has 0 aliphatic carbocycles. The molecule has 0 aliphatic rings. The predicted molar refractivity (Wildman–Crippen MR) is 157 cm³/mol. The first-order valence-corrected chi connectivity index (χ1v) is 14.1. The Kier molecular flexibility index (Phi) is 10.4. The van der Waals surface area contributed by atoms with Crippen LogP contribution < -0.4 is 0 Å². The number of aryl methyl sites for hydroxylation is 2. The Balaban J connectivity index is 0.000000177. The first kappa shape index (κ1) is 27.8. The second-order valence-electron chi connectivity index (χ2n) is 8.80. The third-order valence-electron chi connectivity index (χ3n) is 6.23. The first-order valence-electron chi connectivity index (χ1n) is 12.1.